The number of hydrogen-bond donors (Lipinski definition) is 1. The Labute approximate surface area is 265 Å². The van der Waals surface area contributed by atoms with Gasteiger partial charge in [-0.2, -0.15) is 10.1 Å². The van der Waals surface area contributed by atoms with Crippen LogP contribution in [0.3, 0.4) is 0 Å². The molecule has 12 heteroatoms. The van der Waals surface area contributed by atoms with E-state index in [1.807, 2.05) is 12.1 Å². The topological polar surface area (TPSA) is 84.6 Å². The summed E-state index contributed by atoms with van der Waals surface area (Å²) < 4.78 is 43.6. The van der Waals surface area contributed by atoms with E-state index in [0.29, 0.717) is 31.5 Å². The second-order valence-electron chi connectivity index (χ2n) is 12.4. The number of amidine groups is 1. The smallest absolute Gasteiger partial charge is 0.333 e. The monoisotopic (exact) mass is 640 g/mol. The van der Waals surface area contributed by atoms with Crippen LogP contribution in [0, 0.1) is 20.8 Å². The van der Waals surface area contributed by atoms with Crippen LogP contribution in [0.5, 0.6) is 0 Å². The fourth-order valence-electron chi connectivity index (χ4n) is 7.19. The molecule has 1 aliphatic heterocycles. The van der Waals surface area contributed by atoms with Gasteiger partial charge in [-0.25, -0.2) is 14.5 Å². The number of benzene rings is 2. The summed E-state index contributed by atoms with van der Waals surface area (Å²) in [5, 5.41) is 8.59. The highest BCUT2D eigenvalue weighted by Gasteiger charge is 2.36. The Balaban J connectivity index is 1.07. The normalized spacial score (nSPS) is 24.8. The van der Waals surface area contributed by atoms with Crippen molar-refractivity contribution in [1.82, 2.24) is 20.1 Å². The fraction of sp³-hybridized carbons (Fsp3) is 0.515. The Morgan fingerprint density at radius 2 is 1.73 bits per heavy atom. The molecule has 2 saturated carbocycles. The van der Waals surface area contributed by atoms with Crippen LogP contribution in [0.15, 0.2) is 47.7 Å². The molecule has 3 aliphatic rings. The Morgan fingerprint density at radius 3 is 2.42 bits per heavy atom. The van der Waals surface area contributed by atoms with E-state index in [4.69, 9.17) is 0 Å². The van der Waals surface area contributed by atoms with E-state index >= 15 is 0 Å². The van der Waals surface area contributed by atoms with Crippen LogP contribution in [0.4, 0.5) is 23.7 Å². The molecular weight excluding hydrogens is 601 g/mol. The van der Waals surface area contributed by atoms with E-state index in [9.17, 15) is 18.0 Å². The largest absolute Gasteiger partial charge is 0.522 e. The zero-order chi connectivity index (χ0) is 31.7. The number of nitrogens with one attached hydrogen (secondary N) is 1. The van der Waals surface area contributed by atoms with E-state index in [-0.39, 0.29) is 24.0 Å². The fourth-order valence-corrected chi connectivity index (χ4v) is 8.13. The van der Waals surface area contributed by atoms with Crippen LogP contribution < -0.4 is 10.2 Å². The average molecular weight is 641 g/mol. The van der Waals surface area contributed by atoms with Gasteiger partial charge in [0.15, 0.2) is 11.0 Å². The highest BCUT2D eigenvalue weighted by Crippen LogP contribution is 2.37. The predicted molar refractivity (Wildman–Crippen MR) is 171 cm³/mol. The van der Waals surface area contributed by atoms with Crippen molar-refractivity contribution in [3.8, 4) is 11.4 Å². The van der Waals surface area contributed by atoms with E-state index in [0.717, 1.165) is 53.5 Å². The number of hydrogen-bond acceptors (Lipinski definition) is 5. The van der Waals surface area contributed by atoms with Crippen LogP contribution in [0.1, 0.15) is 79.2 Å². The van der Waals surface area contributed by atoms with Gasteiger partial charge >= 0.3 is 12.4 Å². The van der Waals surface area contributed by atoms with Gasteiger partial charge in [-0.05, 0) is 76.0 Å². The van der Waals surface area contributed by atoms with Gasteiger partial charge in [0, 0.05) is 35.5 Å². The van der Waals surface area contributed by atoms with E-state index in [1.54, 1.807) is 22.8 Å². The first-order chi connectivity index (χ1) is 21.5. The van der Waals surface area contributed by atoms with E-state index in [2.05, 4.69) is 75.1 Å². The number of aliphatic imine (C=N–C) groups is 1. The van der Waals surface area contributed by atoms with Crippen molar-refractivity contribution >= 4 is 28.6 Å². The molecule has 2 unspecified atom stereocenters. The van der Waals surface area contributed by atoms with E-state index < -0.39 is 12.5 Å². The lowest BCUT2D eigenvalue weighted by atomic mass is 9.93. The standard InChI is InChI=1S/C33H39F3N6O2S/c1-20-17-21(2)29(22(3)18-20)41-15-16-45-32(41)39-31(43)38-28-6-4-5-27(28)23-7-9-24(10-8-23)30-37-19-42(40-30)25-11-13-26(14-12-25)44-33(34,35)36/h7-10,17-19,25-28H,4-6,11-16H2,1-3H3,(H,38,43). The molecule has 1 N–H and O–H groups in total. The first kappa shape index (κ1) is 31.6. The van der Waals surface area contributed by atoms with E-state index in [1.165, 1.54) is 16.7 Å². The molecule has 1 saturated heterocycles. The Kier molecular flexibility index (Phi) is 9.24. The molecule has 0 bridgehead atoms. The molecule has 240 valence electrons. The van der Waals surface area contributed by atoms with Gasteiger partial charge in [0.1, 0.15) is 6.33 Å². The maximum Gasteiger partial charge on any atom is 0.522 e. The summed E-state index contributed by atoms with van der Waals surface area (Å²) in [6.45, 7) is 7.14. The summed E-state index contributed by atoms with van der Waals surface area (Å²) >= 11 is 1.62. The number of anilines is 1. The molecule has 2 heterocycles. The first-order valence-corrected chi connectivity index (χ1v) is 16.7. The minimum atomic E-state index is -4.60. The molecular formula is C33H39F3N6O2S. The molecule has 8 nitrogen and oxygen atoms in total. The summed E-state index contributed by atoms with van der Waals surface area (Å²) in [4.78, 5) is 24.3. The number of nitrogens with zero attached hydrogens (tertiary/aromatic N) is 5. The molecule has 3 fully saturated rings. The molecule has 6 rings (SSSR count). The number of carbonyl (C=O) groups excluding carboxylic acids is 1. The SMILES string of the molecule is Cc1cc(C)c(N2CCSC2=NC(=O)NC2CCCC2c2ccc(-c3ncn(C4CCC(OC(F)(F)F)CC4)n3)cc2)c(C)c1. The number of rotatable bonds is 6. The summed E-state index contributed by atoms with van der Waals surface area (Å²) in [5.74, 6) is 1.67. The Morgan fingerprint density at radius 1 is 1.02 bits per heavy atom. The lowest BCUT2D eigenvalue weighted by Gasteiger charge is -2.28. The molecule has 1 aromatic heterocycles. The predicted octanol–water partition coefficient (Wildman–Crippen LogP) is 7.85. The number of thioether (sulfide) groups is 1. The molecule has 2 atom stereocenters. The summed E-state index contributed by atoms with van der Waals surface area (Å²) in [6.07, 6.45) is 0.973. The van der Waals surface area contributed by atoms with Crippen molar-refractivity contribution in [2.45, 2.75) is 96.2 Å². The van der Waals surface area contributed by atoms with Crippen LogP contribution in [0.25, 0.3) is 11.4 Å². The highest BCUT2D eigenvalue weighted by molar-refractivity contribution is 8.14. The third kappa shape index (κ3) is 7.38. The summed E-state index contributed by atoms with van der Waals surface area (Å²) in [5.41, 5.74) is 6.76. The maximum atomic E-state index is 13.2. The van der Waals surface area contributed by atoms with Gasteiger partial charge < -0.3 is 10.2 Å². The molecule has 45 heavy (non-hydrogen) atoms. The third-order valence-corrected chi connectivity index (χ3v) is 10.1. The number of aryl methyl sites for hydroxylation is 3. The van der Waals surface area contributed by atoms with Gasteiger partial charge in [-0.15, -0.1) is 13.2 Å². The molecule has 2 aromatic carbocycles. The highest BCUT2D eigenvalue weighted by atomic mass is 32.2. The van der Waals surface area contributed by atoms with Crippen LogP contribution >= 0.6 is 11.8 Å². The first-order valence-electron chi connectivity index (χ1n) is 15.7. The Hall–Kier alpha value is -3.38. The zero-order valence-electron chi connectivity index (χ0n) is 25.8. The zero-order valence-corrected chi connectivity index (χ0v) is 26.6. The quantitative estimate of drug-likeness (QED) is 0.296. The lowest BCUT2D eigenvalue weighted by Crippen LogP contribution is -2.36. The molecule has 2 aliphatic carbocycles. The third-order valence-electron chi connectivity index (χ3n) is 9.13. The average Bonchev–Trinajstić information content (AvgIpc) is 3.75. The van der Waals surface area contributed by atoms with Gasteiger partial charge in [0.25, 0.3) is 0 Å². The van der Waals surface area contributed by atoms with Crippen molar-refractivity contribution in [3.05, 3.63) is 65.0 Å². The maximum absolute atomic E-state index is 13.2. The second kappa shape index (κ2) is 13.2. The minimum absolute atomic E-state index is 0.00388. The van der Waals surface area contributed by atoms with Crippen molar-refractivity contribution in [3.63, 3.8) is 0 Å². The molecule has 0 spiro atoms. The van der Waals surface area contributed by atoms with Crippen LogP contribution in [-0.4, -0.2) is 56.8 Å². The van der Waals surface area contributed by atoms with Gasteiger partial charge in [-0.1, -0.05) is 60.1 Å². The number of urea groups is 1. The molecule has 0 radical (unpaired) electrons. The number of aromatic nitrogens is 3. The number of carbonyl (C=O) groups is 1. The van der Waals surface area contributed by atoms with Crippen LogP contribution in [0.2, 0.25) is 0 Å². The van der Waals surface area contributed by atoms with Crippen LogP contribution in [-0.2, 0) is 4.74 Å². The van der Waals surface area contributed by atoms with Gasteiger partial charge in [0.05, 0.1) is 12.1 Å². The molecule has 2 amide bonds. The lowest BCUT2D eigenvalue weighted by molar-refractivity contribution is -0.345. The van der Waals surface area contributed by atoms with Crippen molar-refractivity contribution in [2.24, 2.45) is 4.99 Å². The minimum Gasteiger partial charge on any atom is -0.333 e. The van der Waals surface area contributed by atoms with Gasteiger partial charge in [-0.3, -0.25) is 4.74 Å². The second-order valence-corrected chi connectivity index (χ2v) is 13.5. The van der Waals surface area contributed by atoms with Crippen molar-refractivity contribution < 1.29 is 22.7 Å². The Bertz CT molecular complexity index is 1530. The number of amides is 2. The summed E-state index contributed by atoms with van der Waals surface area (Å²) in [6, 6.07) is 12.2. The van der Waals surface area contributed by atoms with Gasteiger partial charge in [0.2, 0.25) is 0 Å². The number of halogens is 3. The number of ether oxygens (including phenoxy) is 1. The van der Waals surface area contributed by atoms with Crippen molar-refractivity contribution in [2.75, 3.05) is 17.2 Å². The van der Waals surface area contributed by atoms with Crippen molar-refractivity contribution in [1.29, 1.82) is 0 Å². The summed E-state index contributed by atoms with van der Waals surface area (Å²) in [7, 11) is 0. The molecule has 3 aromatic rings. The number of alkyl halides is 3.